The van der Waals surface area contributed by atoms with Gasteiger partial charge in [-0.2, -0.15) is 11.8 Å². The van der Waals surface area contributed by atoms with Crippen LogP contribution in [0.1, 0.15) is 72.5 Å². The number of aromatic nitrogens is 1. The smallest absolute Gasteiger partial charge is 0.192 e. The number of ether oxygens (including phenoxy) is 1. The highest BCUT2D eigenvalue weighted by Gasteiger charge is 2.47. The van der Waals surface area contributed by atoms with Crippen molar-refractivity contribution < 1.29 is 13.6 Å². The van der Waals surface area contributed by atoms with Gasteiger partial charge in [0.25, 0.3) is 0 Å². The Balaban J connectivity index is 1.46. The zero-order valence-electron chi connectivity index (χ0n) is 28.4. The van der Waals surface area contributed by atoms with E-state index in [1.165, 1.54) is 43.7 Å². The Labute approximate surface area is 263 Å². The van der Waals surface area contributed by atoms with Crippen LogP contribution in [0.4, 0.5) is 0 Å². The second-order valence-electron chi connectivity index (χ2n) is 15.7. The van der Waals surface area contributed by atoms with Crippen LogP contribution in [0.25, 0.3) is 10.9 Å². The fourth-order valence-electron chi connectivity index (χ4n) is 6.10. The molecule has 0 N–H and O–H groups in total. The number of hydrogen-bond acceptors (Lipinski definition) is 6. The number of thioether (sulfide) groups is 1. The molecule has 3 aliphatic rings. The number of pyridine rings is 1. The summed E-state index contributed by atoms with van der Waals surface area (Å²) < 4.78 is 19.4. The summed E-state index contributed by atoms with van der Waals surface area (Å²) in [6.07, 6.45) is 5.85. The zero-order valence-corrected chi connectivity index (χ0v) is 31.2. The molecule has 236 valence electrons. The van der Waals surface area contributed by atoms with Gasteiger partial charge in [-0.1, -0.05) is 41.5 Å². The Morgan fingerprint density at radius 1 is 1.00 bits per heavy atom. The maximum absolute atomic E-state index is 7.39. The molecule has 0 aliphatic carbocycles. The van der Waals surface area contributed by atoms with Crippen molar-refractivity contribution in [3.63, 3.8) is 0 Å². The second-order valence-corrected chi connectivity index (χ2v) is 26.5. The number of hydrogen-bond donors (Lipinski definition) is 0. The number of methoxy groups -OCH3 is 1. The lowest BCUT2D eigenvalue weighted by atomic mass is 9.72. The Morgan fingerprint density at radius 2 is 1.71 bits per heavy atom. The van der Waals surface area contributed by atoms with E-state index >= 15 is 0 Å². The summed E-state index contributed by atoms with van der Waals surface area (Å²) >= 11 is 2.09. The number of nitrogens with zero attached hydrogens (tertiary/aromatic N) is 2. The lowest BCUT2D eigenvalue weighted by Crippen LogP contribution is -2.57. The molecule has 5 nitrogen and oxygen atoms in total. The van der Waals surface area contributed by atoms with Crippen LogP contribution in [-0.2, 0) is 8.85 Å². The predicted octanol–water partition coefficient (Wildman–Crippen LogP) is 9.16. The molecular weight excluding hydrogens is 573 g/mol. The quantitative estimate of drug-likeness (QED) is 0.172. The maximum Gasteiger partial charge on any atom is 0.192 e. The number of piperidine rings is 3. The SMILES string of the molecule is COc1ccc2nccc([C@@H](O[Si](C)(C)C(C)(C)C)[C@H]3C[C@@H]4CCN3C[C@@H]4CCSCCO[Si](C)(C)C(C)(C)C)c2c1. The molecule has 2 aromatic rings. The highest BCUT2D eigenvalue weighted by Crippen LogP contribution is 2.48. The van der Waals surface area contributed by atoms with Crippen LogP contribution in [0, 0.1) is 11.8 Å². The third kappa shape index (κ3) is 7.65. The van der Waals surface area contributed by atoms with E-state index < -0.39 is 16.6 Å². The Morgan fingerprint density at radius 3 is 2.33 bits per heavy atom. The molecule has 1 aromatic heterocycles. The topological polar surface area (TPSA) is 43.8 Å². The molecule has 0 radical (unpaired) electrons. The highest BCUT2D eigenvalue weighted by molar-refractivity contribution is 7.99. The molecular formula is C34H58N2O3SSi2. The molecule has 4 heterocycles. The van der Waals surface area contributed by atoms with Gasteiger partial charge in [0.1, 0.15) is 5.75 Å². The molecule has 42 heavy (non-hydrogen) atoms. The maximum atomic E-state index is 7.39. The average molecular weight is 631 g/mol. The van der Waals surface area contributed by atoms with Gasteiger partial charge in [0.2, 0.25) is 0 Å². The minimum atomic E-state index is -2.04. The molecule has 8 heteroatoms. The predicted molar refractivity (Wildman–Crippen MR) is 186 cm³/mol. The zero-order chi connectivity index (χ0) is 30.9. The van der Waals surface area contributed by atoms with E-state index in [-0.39, 0.29) is 16.2 Å². The van der Waals surface area contributed by atoms with Crippen molar-refractivity contribution >= 4 is 39.3 Å². The second kappa shape index (κ2) is 13.2. The van der Waals surface area contributed by atoms with Gasteiger partial charge < -0.3 is 13.6 Å². The Kier molecular flexibility index (Phi) is 10.7. The van der Waals surface area contributed by atoms with E-state index in [0.717, 1.165) is 40.8 Å². The minimum absolute atomic E-state index is 0.0362. The van der Waals surface area contributed by atoms with Gasteiger partial charge in [-0.3, -0.25) is 9.88 Å². The van der Waals surface area contributed by atoms with Crippen LogP contribution in [0.5, 0.6) is 5.75 Å². The van der Waals surface area contributed by atoms with Gasteiger partial charge in [-0.15, -0.1) is 0 Å². The summed E-state index contributed by atoms with van der Waals surface area (Å²) in [5, 5.41) is 1.59. The number of benzene rings is 1. The highest BCUT2D eigenvalue weighted by atomic mass is 32.2. The lowest BCUT2D eigenvalue weighted by molar-refractivity contribution is -0.0516. The first kappa shape index (κ1) is 34.0. The first-order chi connectivity index (χ1) is 19.5. The molecule has 3 fully saturated rings. The standard InChI is InChI=1S/C34H58N2O3SSi2/c1-33(2,3)41(8,9)38-19-21-40-20-16-26-24-36-18-15-25(26)22-31(36)32(39-42(10,11)34(4,5)6)28-14-17-35-30-13-12-27(37-7)23-29(28)30/h12-14,17,23,25-26,31-32H,15-16,18-22,24H2,1-11H3/t25-,26-,31+,32+/m0/s1. The molecule has 3 saturated heterocycles. The molecule has 0 spiro atoms. The number of rotatable bonds is 12. The Hall–Kier alpha value is -0.906. The first-order valence-electron chi connectivity index (χ1n) is 16.1. The molecule has 1 aromatic carbocycles. The molecule has 0 saturated carbocycles. The van der Waals surface area contributed by atoms with E-state index in [2.05, 4.69) is 103 Å². The van der Waals surface area contributed by atoms with Gasteiger partial charge in [-0.05, 0) is 109 Å². The van der Waals surface area contributed by atoms with Crippen molar-refractivity contribution in [2.75, 3.05) is 38.3 Å². The van der Waals surface area contributed by atoms with Crippen molar-refractivity contribution in [1.82, 2.24) is 9.88 Å². The van der Waals surface area contributed by atoms with Crippen LogP contribution in [0.15, 0.2) is 30.5 Å². The summed E-state index contributed by atoms with van der Waals surface area (Å²) in [4.78, 5) is 7.49. The normalized spacial score (nSPS) is 24.3. The van der Waals surface area contributed by atoms with E-state index in [0.29, 0.717) is 6.04 Å². The van der Waals surface area contributed by atoms with Crippen molar-refractivity contribution in [3.8, 4) is 5.75 Å². The van der Waals surface area contributed by atoms with E-state index in [9.17, 15) is 0 Å². The van der Waals surface area contributed by atoms with E-state index in [1.54, 1.807) is 7.11 Å². The van der Waals surface area contributed by atoms with Crippen molar-refractivity contribution in [3.05, 3.63) is 36.0 Å². The molecule has 2 bridgehead atoms. The fourth-order valence-corrected chi connectivity index (χ4v) is 9.44. The van der Waals surface area contributed by atoms with E-state index in [4.69, 9.17) is 18.6 Å². The molecule has 1 unspecified atom stereocenters. The fraction of sp³-hybridized carbons (Fsp3) is 0.735. The van der Waals surface area contributed by atoms with Gasteiger partial charge in [0, 0.05) is 36.5 Å². The third-order valence-electron chi connectivity index (χ3n) is 10.9. The largest absolute Gasteiger partial charge is 0.497 e. The van der Waals surface area contributed by atoms with Gasteiger partial charge in [0.15, 0.2) is 16.6 Å². The van der Waals surface area contributed by atoms with Gasteiger partial charge in [0.05, 0.1) is 18.7 Å². The monoisotopic (exact) mass is 630 g/mol. The third-order valence-corrected chi connectivity index (χ3v) is 20.9. The summed E-state index contributed by atoms with van der Waals surface area (Å²) in [6.45, 7) is 26.8. The molecule has 0 amide bonds. The molecule has 3 aliphatic heterocycles. The van der Waals surface area contributed by atoms with Gasteiger partial charge in [-0.25, -0.2) is 0 Å². The number of fused-ring (bicyclic) bond motifs is 4. The molecule has 5 rings (SSSR count). The van der Waals surface area contributed by atoms with Crippen LogP contribution >= 0.6 is 11.8 Å². The summed E-state index contributed by atoms with van der Waals surface area (Å²) in [6, 6.07) is 8.86. The molecule has 5 atom stereocenters. The summed E-state index contributed by atoms with van der Waals surface area (Å²) in [7, 11) is -1.94. The van der Waals surface area contributed by atoms with Crippen molar-refractivity contribution in [2.45, 2.75) is 109 Å². The van der Waals surface area contributed by atoms with Gasteiger partial charge >= 0.3 is 0 Å². The van der Waals surface area contributed by atoms with Crippen LogP contribution < -0.4 is 4.74 Å². The van der Waals surface area contributed by atoms with Crippen LogP contribution in [0.2, 0.25) is 36.3 Å². The minimum Gasteiger partial charge on any atom is -0.497 e. The summed E-state index contributed by atoms with van der Waals surface area (Å²) in [5.41, 5.74) is 2.29. The van der Waals surface area contributed by atoms with Crippen LogP contribution in [0.3, 0.4) is 0 Å². The first-order valence-corrected chi connectivity index (χ1v) is 23.1. The summed E-state index contributed by atoms with van der Waals surface area (Å²) in [5.74, 6) is 4.78. The van der Waals surface area contributed by atoms with Crippen molar-refractivity contribution in [1.29, 1.82) is 0 Å². The Bertz CT molecular complexity index is 1190. The van der Waals surface area contributed by atoms with Crippen LogP contribution in [-0.4, -0.2) is 70.9 Å². The van der Waals surface area contributed by atoms with E-state index in [1.807, 2.05) is 12.3 Å². The average Bonchev–Trinajstić information content (AvgIpc) is 2.92. The lowest BCUT2D eigenvalue weighted by Gasteiger charge is -2.54. The van der Waals surface area contributed by atoms with Crippen molar-refractivity contribution in [2.24, 2.45) is 11.8 Å².